The first-order valence-corrected chi connectivity index (χ1v) is 10.3. The van der Waals surface area contributed by atoms with Gasteiger partial charge in [0.05, 0.1) is 11.3 Å². The topological polar surface area (TPSA) is 49.3 Å². The molecule has 2 heterocycles. The maximum Gasteiger partial charge on any atom is 0.257 e. The van der Waals surface area contributed by atoms with Gasteiger partial charge in [0.1, 0.15) is 0 Å². The molecule has 0 unspecified atom stereocenters. The zero-order valence-corrected chi connectivity index (χ0v) is 17.2. The van der Waals surface area contributed by atoms with Gasteiger partial charge < -0.3 is 4.90 Å². The number of aryl methyl sites for hydroxylation is 1. The summed E-state index contributed by atoms with van der Waals surface area (Å²) in [6.45, 7) is 5.95. The fourth-order valence-corrected chi connectivity index (χ4v) is 3.61. The van der Waals surface area contributed by atoms with Crippen molar-refractivity contribution in [3.05, 3.63) is 89.8 Å². The van der Waals surface area contributed by atoms with E-state index in [9.17, 15) is 4.79 Å². The number of rotatable bonds is 5. The summed E-state index contributed by atoms with van der Waals surface area (Å²) in [4.78, 5) is 26.3. The van der Waals surface area contributed by atoms with E-state index < -0.39 is 0 Å². The summed E-state index contributed by atoms with van der Waals surface area (Å²) < 4.78 is 0. The van der Waals surface area contributed by atoms with Gasteiger partial charge in [-0.25, -0.2) is 9.97 Å². The van der Waals surface area contributed by atoms with E-state index in [1.807, 2.05) is 60.4 Å². The molecule has 0 N–H and O–H groups in total. The van der Waals surface area contributed by atoms with Crippen LogP contribution in [0.2, 0.25) is 0 Å². The Balaban J connectivity index is 1.33. The molecular formula is C25H26N4O. The Labute approximate surface area is 177 Å². The fraction of sp³-hybridized carbons (Fsp3) is 0.240. The first-order valence-electron chi connectivity index (χ1n) is 10.3. The van der Waals surface area contributed by atoms with Gasteiger partial charge in [-0.05, 0) is 12.5 Å². The van der Waals surface area contributed by atoms with Crippen molar-refractivity contribution in [1.29, 1.82) is 0 Å². The van der Waals surface area contributed by atoms with Gasteiger partial charge in [0, 0.05) is 44.5 Å². The van der Waals surface area contributed by atoms with Crippen molar-refractivity contribution >= 4 is 12.0 Å². The molecule has 1 aliphatic rings. The molecule has 1 aliphatic heterocycles. The predicted octanol–water partition coefficient (Wildman–Crippen LogP) is 3.92. The van der Waals surface area contributed by atoms with E-state index in [2.05, 4.69) is 39.2 Å². The number of aromatic nitrogens is 2. The average molecular weight is 399 g/mol. The minimum Gasteiger partial charge on any atom is -0.336 e. The van der Waals surface area contributed by atoms with Gasteiger partial charge in [0.25, 0.3) is 5.91 Å². The summed E-state index contributed by atoms with van der Waals surface area (Å²) >= 11 is 0. The smallest absolute Gasteiger partial charge is 0.257 e. The van der Waals surface area contributed by atoms with Crippen LogP contribution >= 0.6 is 0 Å². The van der Waals surface area contributed by atoms with Crippen LogP contribution in [-0.2, 0) is 0 Å². The number of amides is 1. The second-order valence-corrected chi connectivity index (χ2v) is 7.46. The number of carbonyl (C=O) groups excluding carboxylic acids is 1. The van der Waals surface area contributed by atoms with E-state index in [-0.39, 0.29) is 5.91 Å². The molecule has 1 saturated heterocycles. The molecular weight excluding hydrogens is 372 g/mol. The van der Waals surface area contributed by atoms with Crippen LogP contribution in [0, 0.1) is 6.92 Å². The Morgan fingerprint density at radius 1 is 0.967 bits per heavy atom. The van der Waals surface area contributed by atoms with Crippen LogP contribution in [-0.4, -0.2) is 58.4 Å². The lowest BCUT2D eigenvalue weighted by Crippen LogP contribution is -2.48. The summed E-state index contributed by atoms with van der Waals surface area (Å²) in [6.07, 6.45) is 6.00. The largest absolute Gasteiger partial charge is 0.336 e. The third-order valence-corrected chi connectivity index (χ3v) is 5.37. The summed E-state index contributed by atoms with van der Waals surface area (Å²) in [5.74, 6) is 0.672. The van der Waals surface area contributed by atoms with E-state index in [0.717, 1.165) is 44.0 Å². The van der Waals surface area contributed by atoms with Crippen molar-refractivity contribution in [3.8, 4) is 11.4 Å². The van der Waals surface area contributed by atoms with Gasteiger partial charge in [0.15, 0.2) is 5.82 Å². The van der Waals surface area contributed by atoms with E-state index in [1.165, 1.54) is 5.56 Å². The molecule has 30 heavy (non-hydrogen) atoms. The summed E-state index contributed by atoms with van der Waals surface area (Å²) in [6, 6.07) is 20.1. The van der Waals surface area contributed by atoms with Crippen LogP contribution in [0.4, 0.5) is 0 Å². The number of nitrogens with zero attached hydrogens (tertiary/aromatic N) is 4. The van der Waals surface area contributed by atoms with Crippen molar-refractivity contribution < 1.29 is 4.79 Å². The lowest BCUT2D eigenvalue weighted by atomic mass is 10.1. The third kappa shape index (κ3) is 4.81. The van der Waals surface area contributed by atoms with E-state index in [4.69, 9.17) is 0 Å². The Hall–Kier alpha value is -3.31. The normalized spacial score (nSPS) is 14.9. The fourth-order valence-electron chi connectivity index (χ4n) is 3.61. The zero-order valence-electron chi connectivity index (χ0n) is 17.2. The number of piperazine rings is 1. The van der Waals surface area contributed by atoms with Crippen LogP contribution in [0.15, 0.2) is 72.9 Å². The molecule has 5 nitrogen and oxygen atoms in total. The maximum absolute atomic E-state index is 13.0. The van der Waals surface area contributed by atoms with Crippen molar-refractivity contribution in [1.82, 2.24) is 19.8 Å². The summed E-state index contributed by atoms with van der Waals surface area (Å²) in [7, 11) is 0. The molecule has 1 aromatic heterocycles. The first-order chi connectivity index (χ1) is 14.7. The lowest BCUT2D eigenvalue weighted by Gasteiger charge is -2.34. The van der Waals surface area contributed by atoms with E-state index in [0.29, 0.717) is 11.4 Å². The van der Waals surface area contributed by atoms with Gasteiger partial charge >= 0.3 is 0 Å². The minimum absolute atomic E-state index is 0.0200. The Morgan fingerprint density at radius 2 is 1.63 bits per heavy atom. The van der Waals surface area contributed by atoms with Crippen molar-refractivity contribution in [2.45, 2.75) is 6.92 Å². The molecule has 0 aliphatic carbocycles. The van der Waals surface area contributed by atoms with Crippen LogP contribution in [0.1, 0.15) is 21.6 Å². The second-order valence-electron chi connectivity index (χ2n) is 7.46. The van der Waals surface area contributed by atoms with Crippen LogP contribution in [0.25, 0.3) is 17.5 Å². The molecule has 0 atom stereocenters. The minimum atomic E-state index is 0.0200. The Morgan fingerprint density at radius 3 is 2.30 bits per heavy atom. The summed E-state index contributed by atoms with van der Waals surface area (Å²) in [5, 5.41) is 0. The van der Waals surface area contributed by atoms with Crippen LogP contribution in [0.3, 0.4) is 0 Å². The molecule has 0 saturated carbocycles. The summed E-state index contributed by atoms with van der Waals surface area (Å²) in [5.41, 5.74) is 3.48. The van der Waals surface area contributed by atoms with Gasteiger partial charge in [-0.15, -0.1) is 0 Å². The molecule has 1 amide bonds. The van der Waals surface area contributed by atoms with Crippen LogP contribution in [0.5, 0.6) is 0 Å². The molecule has 0 spiro atoms. The van der Waals surface area contributed by atoms with E-state index in [1.54, 1.807) is 6.20 Å². The monoisotopic (exact) mass is 398 g/mol. The Kier molecular flexibility index (Phi) is 6.30. The third-order valence-electron chi connectivity index (χ3n) is 5.37. The number of benzene rings is 2. The van der Waals surface area contributed by atoms with E-state index >= 15 is 0 Å². The van der Waals surface area contributed by atoms with Crippen molar-refractivity contribution in [3.63, 3.8) is 0 Å². The highest BCUT2D eigenvalue weighted by Gasteiger charge is 2.23. The molecule has 1 fully saturated rings. The highest BCUT2D eigenvalue weighted by atomic mass is 16.2. The maximum atomic E-state index is 13.0. The second kappa shape index (κ2) is 9.46. The van der Waals surface area contributed by atoms with Gasteiger partial charge in [-0.2, -0.15) is 0 Å². The number of hydrogen-bond donors (Lipinski definition) is 0. The lowest BCUT2D eigenvalue weighted by molar-refractivity contribution is 0.0648. The molecule has 0 bridgehead atoms. The Bertz CT molecular complexity index is 1010. The molecule has 2 aromatic carbocycles. The molecule has 0 radical (unpaired) electrons. The van der Waals surface area contributed by atoms with Crippen molar-refractivity contribution in [2.24, 2.45) is 0 Å². The zero-order chi connectivity index (χ0) is 20.8. The predicted molar refractivity (Wildman–Crippen MR) is 120 cm³/mol. The molecule has 4 rings (SSSR count). The average Bonchev–Trinajstić information content (AvgIpc) is 2.80. The molecule has 3 aromatic rings. The SMILES string of the molecule is Cc1nc(-c2ccccc2)ncc1C(=O)N1CCN(C/C=C/c2ccccc2)CC1. The standard InChI is InChI=1S/C25H26N4O/c1-20-23(19-26-24(27-20)22-12-6-3-7-13-22)25(30)29-17-15-28(16-18-29)14-8-11-21-9-4-2-5-10-21/h2-13,19H,14-18H2,1H3/b11-8+. The van der Waals surface area contributed by atoms with Gasteiger partial charge in [-0.1, -0.05) is 72.8 Å². The molecule has 152 valence electrons. The van der Waals surface area contributed by atoms with Gasteiger partial charge in [-0.3, -0.25) is 9.69 Å². The van der Waals surface area contributed by atoms with Gasteiger partial charge in [0.2, 0.25) is 0 Å². The highest BCUT2D eigenvalue weighted by Crippen LogP contribution is 2.17. The number of hydrogen-bond acceptors (Lipinski definition) is 4. The highest BCUT2D eigenvalue weighted by molar-refractivity contribution is 5.95. The molecule has 5 heteroatoms. The quantitative estimate of drug-likeness (QED) is 0.654. The first kappa shape index (κ1) is 20.0. The number of carbonyl (C=O) groups is 1. The van der Waals surface area contributed by atoms with Crippen molar-refractivity contribution in [2.75, 3.05) is 32.7 Å². The van der Waals surface area contributed by atoms with Crippen LogP contribution < -0.4 is 0 Å².